The summed E-state index contributed by atoms with van der Waals surface area (Å²) in [5, 5.41) is 7.24. The Morgan fingerprint density at radius 1 is 1.57 bits per heavy atom. The van der Waals surface area contributed by atoms with Crippen molar-refractivity contribution < 1.29 is 18.7 Å². The fraction of sp³-hybridized carbons (Fsp3) is 0.500. The molecule has 7 heavy (non-hydrogen) atoms. The molecule has 0 aromatic carbocycles. The van der Waals surface area contributed by atoms with Crippen molar-refractivity contribution in [1.82, 2.24) is 0 Å². The van der Waals surface area contributed by atoms with Crippen LogP contribution in [0.15, 0.2) is 0 Å². The molecule has 0 saturated carbocycles. The Morgan fingerprint density at radius 3 is 1.71 bits per heavy atom. The summed E-state index contributed by atoms with van der Waals surface area (Å²) in [6.07, 6.45) is -3.23. The van der Waals surface area contributed by atoms with E-state index in [0.717, 1.165) is 0 Å². The third-order valence-corrected chi connectivity index (χ3v) is 0.187. The SMILES string of the molecule is Br.O=C(O)C(F)F. The van der Waals surface area contributed by atoms with E-state index in [4.69, 9.17) is 9.90 Å². The van der Waals surface area contributed by atoms with E-state index >= 15 is 0 Å². The first-order chi connectivity index (χ1) is 2.64. The Hall–Kier alpha value is -0.190. The summed E-state index contributed by atoms with van der Waals surface area (Å²) in [6.45, 7) is 0. The predicted molar refractivity (Wildman–Crippen MR) is 24.0 cm³/mol. The second kappa shape index (κ2) is 3.98. The third kappa shape index (κ3) is 5.81. The van der Waals surface area contributed by atoms with Crippen molar-refractivity contribution in [3.8, 4) is 0 Å². The van der Waals surface area contributed by atoms with E-state index in [9.17, 15) is 8.78 Å². The number of hydrogen-bond acceptors (Lipinski definition) is 1. The lowest BCUT2D eigenvalue weighted by Crippen LogP contribution is -2.06. The van der Waals surface area contributed by atoms with Gasteiger partial charge in [-0.25, -0.2) is 4.79 Å². The van der Waals surface area contributed by atoms with Gasteiger partial charge in [0.2, 0.25) is 0 Å². The molecule has 0 unspecified atom stereocenters. The number of rotatable bonds is 1. The Kier molecular flexibility index (Phi) is 5.65. The molecule has 0 aliphatic carbocycles. The first kappa shape index (κ1) is 9.94. The van der Waals surface area contributed by atoms with Crippen LogP contribution >= 0.6 is 17.0 Å². The molecule has 0 heterocycles. The molecule has 0 bridgehead atoms. The van der Waals surface area contributed by atoms with Gasteiger partial charge in [0, 0.05) is 0 Å². The average Bonchev–Trinajstić information content (AvgIpc) is 1.36. The third-order valence-electron chi connectivity index (χ3n) is 0.187. The zero-order valence-electron chi connectivity index (χ0n) is 3.10. The van der Waals surface area contributed by atoms with Crippen LogP contribution < -0.4 is 0 Å². The van der Waals surface area contributed by atoms with Crippen LogP contribution in [0.25, 0.3) is 0 Å². The molecule has 5 heteroatoms. The van der Waals surface area contributed by atoms with Gasteiger partial charge in [0.15, 0.2) is 0 Å². The fourth-order valence-corrected chi connectivity index (χ4v) is 0. The molecule has 0 fully saturated rings. The minimum absolute atomic E-state index is 0. The number of carbonyl (C=O) groups is 1. The van der Waals surface area contributed by atoms with Crippen LogP contribution in [0.5, 0.6) is 0 Å². The molecule has 0 spiro atoms. The first-order valence-electron chi connectivity index (χ1n) is 1.15. The summed E-state index contributed by atoms with van der Waals surface area (Å²) in [5.41, 5.74) is 0. The lowest BCUT2D eigenvalue weighted by Gasteiger charge is -1.81. The van der Waals surface area contributed by atoms with Gasteiger partial charge in [0.1, 0.15) is 0 Å². The Balaban J connectivity index is 0. The second-order valence-electron chi connectivity index (χ2n) is 0.639. The van der Waals surface area contributed by atoms with Crippen molar-refractivity contribution in [3.05, 3.63) is 0 Å². The molecule has 44 valence electrons. The predicted octanol–water partition coefficient (Wildman–Crippen LogP) is 0.914. The maximum Gasteiger partial charge on any atom is 0.371 e. The van der Waals surface area contributed by atoms with Crippen molar-refractivity contribution in [2.75, 3.05) is 0 Å². The van der Waals surface area contributed by atoms with Crippen LogP contribution in [-0.2, 0) is 4.79 Å². The summed E-state index contributed by atoms with van der Waals surface area (Å²) < 4.78 is 21.1. The maximum absolute atomic E-state index is 10.6. The number of carboxylic acids is 1. The van der Waals surface area contributed by atoms with Crippen molar-refractivity contribution in [3.63, 3.8) is 0 Å². The zero-order chi connectivity index (χ0) is 5.15. The smallest absolute Gasteiger partial charge is 0.371 e. The van der Waals surface area contributed by atoms with Crippen molar-refractivity contribution in [1.29, 1.82) is 0 Å². The van der Waals surface area contributed by atoms with Crippen LogP contribution in [-0.4, -0.2) is 17.5 Å². The van der Waals surface area contributed by atoms with Gasteiger partial charge in [0.25, 0.3) is 0 Å². The number of carboxylic acid groups (broad SMARTS) is 1. The molecule has 2 nitrogen and oxygen atoms in total. The summed E-state index contributed by atoms with van der Waals surface area (Å²) in [5.74, 6) is -2.07. The lowest BCUT2D eigenvalue weighted by atomic mass is 10.7. The van der Waals surface area contributed by atoms with E-state index in [1.54, 1.807) is 0 Å². The van der Waals surface area contributed by atoms with Gasteiger partial charge in [-0.15, -0.1) is 17.0 Å². The number of alkyl halides is 2. The summed E-state index contributed by atoms with van der Waals surface area (Å²) in [7, 11) is 0. The highest BCUT2D eigenvalue weighted by molar-refractivity contribution is 8.93. The quantitative estimate of drug-likeness (QED) is 0.646. The highest BCUT2D eigenvalue weighted by Gasteiger charge is 2.10. The Morgan fingerprint density at radius 2 is 1.71 bits per heavy atom. The monoisotopic (exact) mass is 176 g/mol. The molecule has 1 N–H and O–H groups in total. The first-order valence-corrected chi connectivity index (χ1v) is 1.15. The molecule has 0 aliphatic rings. The topological polar surface area (TPSA) is 37.3 Å². The van der Waals surface area contributed by atoms with Gasteiger partial charge in [-0.1, -0.05) is 0 Å². The highest BCUT2D eigenvalue weighted by Crippen LogP contribution is 1.87. The van der Waals surface area contributed by atoms with E-state index < -0.39 is 12.4 Å². The van der Waals surface area contributed by atoms with Crippen molar-refractivity contribution in [2.24, 2.45) is 0 Å². The fourth-order valence-electron chi connectivity index (χ4n) is 0. The molecule has 0 atom stereocenters. The van der Waals surface area contributed by atoms with Gasteiger partial charge in [-0.3, -0.25) is 0 Å². The molecule has 0 aliphatic heterocycles. The molecule has 0 aromatic heterocycles. The number of hydrogen-bond donors (Lipinski definition) is 1. The van der Waals surface area contributed by atoms with Crippen molar-refractivity contribution >= 4 is 23.0 Å². The van der Waals surface area contributed by atoms with Crippen LogP contribution in [0, 0.1) is 0 Å². The second-order valence-corrected chi connectivity index (χ2v) is 0.639. The molecule has 0 aromatic rings. The molecular formula is C2H3BrF2O2. The molecular weight excluding hydrogens is 174 g/mol. The van der Waals surface area contributed by atoms with E-state index in [2.05, 4.69) is 0 Å². The molecule has 0 saturated heterocycles. The van der Waals surface area contributed by atoms with Crippen LogP contribution in [0.3, 0.4) is 0 Å². The van der Waals surface area contributed by atoms with Crippen LogP contribution in [0.2, 0.25) is 0 Å². The molecule has 0 rings (SSSR count). The van der Waals surface area contributed by atoms with Gasteiger partial charge < -0.3 is 5.11 Å². The van der Waals surface area contributed by atoms with E-state index in [1.807, 2.05) is 0 Å². The summed E-state index contributed by atoms with van der Waals surface area (Å²) >= 11 is 0. The summed E-state index contributed by atoms with van der Waals surface area (Å²) in [6, 6.07) is 0. The van der Waals surface area contributed by atoms with Gasteiger partial charge in [0.05, 0.1) is 0 Å². The number of aliphatic carboxylic acids is 1. The standard InChI is InChI=1S/C2H2F2O2.BrH/c3-1(4)2(5)6;/h1H,(H,5,6);1H. The number of halogens is 3. The lowest BCUT2D eigenvalue weighted by molar-refractivity contribution is -0.149. The molecule has 0 amide bonds. The largest absolute Gasteiger partial charge is 0.477 e. The zero-order valence-corrected chi connectivity index (χ0v) is 4.81. The maximum atomic E-state index is 10.6. The van der Waals surface area contributed by atoms with Gasteiger partial charge in [-0.05, 0) is 0 Å². The van der Waals surface area contributed by atoms with Crippen LogP contribution in [0.4, 0.5) is 8.78 Å². The molecule has 0 radical (unpaired) electrons. The highest BCUT2D eigenvalue weighted by atomic mass is 79.9. The average molecular weight is 177 g/mol. The van der Waals surface area contributed by atoms with Crippen LogP contribution in [0.1, 0.15) is 0 Å². The van der Waals surface area contributed by atoms with E-state index in [0.29, 0.717) is 0 Å². The van der Waals surface area contributed by atoms with E-state index in [-0.39, 0.29) is 17.0 Å². The van der Waals surface area contributed by atoms with E-state index in [1.165, 1.54) is 0 Å². The van der Waals surface area contributed by atoms with Crippen molar-refractivity contribution in [2.45, 2.75) is 6.43 Å². The summed E-state index contributed by atoms with van der Waals surface area (Å²) in [4.78, 5) is 8.95. The Bertz CT molecular complexity index is 64.7. The van der Waals surface area contributed by atoms with Gasteiger partial charge >= 0.3 is 12.4 Å². The minimum Gasteiger partial charge on any atom is -0.477 e. The van der Waals surface area contributed by atoms with Gasteiger partial charge in [-0.2, -0.15) is 8.78 Å². The minimum atomic E-state index is -3.23. The Labute approximate surface area is 48.9 Å². The normalized spacial score (nSPS) is 7.86.